The standard InChI is InChI=1S/C13H23N5O/c1-9(2)12(8-18(3)4)16-13(19)11-6-5-10(17-14)7-15-11/h5-7,9,12,17H,8,14H2,1-4H3,(H,16,19). The predicted octanol–water partition coefficient (Wildman–Crippen LogP) is 0.683. The number of nitrogens with two attached hydrogens (primary N) is 1. The van der Waals surface area contributed by atoms with Gasteiger partial charge < -0.3 is 15.6 Å². The van der Waals surface area contributed by atoms with E-state index in [1.807, 2.05) is 14.1 Å². The Labute approximate surface area is 114 Å². The van der Waals surface area contributed by atoms with Gasteiger partial charge in [0.15, 0.2) is 0 Å². The molecule has 0 aliphatic rings. The molecule has 0 fully saturated rings. The van der Waals surface area contributed by atoms with E-state index in [1.165, 1.54) is 6.20 Å². The monoisotopic (exact) mass is 265 g/mol. The smallest absolute Gasteiger partial charge is 0.270 e. The van der Waals surface area contributed by atoms with Gasteiger partial charge in [-0.2, -0.15) is 0 Å². The highest BCUT2D eigenvalue weighted by atomic mass is 16.1. The molecule has 4 N–H and O–H groups in total. The maximum atomic E-state index is 12.1. The Hall–Kier alpha value is -1.66. The zero-order valence-corrected chi connectivity index (χ0v) is 12.0. The number of amides is 1. The van der Waals surface area contributed by atoms with Crippen LogP contribution >= 0.6 is 0 Å². The summed E-state index contributed by atoms with van der Waals surface area (Å²) in [5, 5.41) is 3.01. The number of hydrogen-bond donors (Lipinski definition) is 3. The van der Waals surface area contributed by atoms with Crippen molar-refractivity contribution in [2.75, 3.05) is 26.1 Å². The maximum Gasteiger partial charge on any atom is 0.270 e. The molecule has 0 saturated carbocycles. The number of anilines is 1. The number of carbonyl (C=O) groups excluding carboxylic acids is 1. The Kier molecular flexibility index (Phi) is 5.72. The minimum absolute atomic E-state index is 0.0941. The quantitative estimate of drug-likeness (QED) is 0.520. The molecular weight excluding hydrogens is 242 g/mol. The summed E-state index contributed by atoms with van der Waals surface area (Å²) < 4.78 is 0. The van der Waals surface area contributed by atoms with E-state index in [9.17, 15) is 4.79 Å². The van der Waals surface area contributed by atoms with Gasteiger partial charge in [0.1, 0.15) is 5.69 Å². The van der Waals surface area contributed by atoms with Crippen LogP contribution in [0.1, 0.15) is 24.3 Å². The topological polar surface area (TPSA) is 83.3 Å². The lowest BCUT2D eigenvalue weighted by molar-refractivity contribution is 0.0911. The van der Waals surface area contributed by atoms with Crippen LogP contribution in [0.4, 0.5) is 5.69 Å². The highest BCUT2D eigenvalue weighted by Gasteiger charge is 2.18. The van der Waals surface area contributed by atoms with Crippen LogP contribution < -0.4 is 16.6 Å². The summed E-state index contributed by atoms with van der Waals surface area (Å²) in [6.07, 6.45) is 1.53. The summed E-state index contributed by atoms with van der Waals surface area (Å²) in [7, 11) is 3.98. The van der Waals surface area contributed by atoms with Crippen LogP contribution in [0, 0.1) is 5.92 Å². The second kappa shape index (κ2) is 7.06. The molecule has 0 aliphatic heterocycles. The maximum absolute atomic E-state index is 12.1. The molecular formula is C13H23N5O. The molecule has 1 aromatic rings. The first-order valence-corrected chi connectivity index (χ1v) is 6.32. The van der Waals surface area contributed by atoms with E-state index in [2.05, 4.69) is 34.5 Å². The molecule has 1 aromatic heterocycles. The number of rotatable bonds is 6. The van der Waals surface area contributed by atoms with E-state index >= 15 is 0 Å². The Balaban J connectivity index is 2.70. The highest BCUT2D eigenvalue weighted by molar-refractivity contribution is 5.92. The van der Waals surface area contributed by atoms with Crippen LogP contribution in [-0.2, 0) is 0 Å². The number of carbonyl (C=O) groups is 1. The van der Waals surface area contributed by atoms with Gasteiger partial charge >= 0.3 is 0 Å². The molecule has 0 aliphatic carbocycles. The van der Waals surface area contributed by atoms with Gasteiger partial charge in [-0.1, -0.05) is 13.8 Å². The molecule has 19 heavy (non-hydrogen) atoms. The van der Waals surface area contributed by atoms with Gasteiger partial charge in [-0.05, 0) is 32.1 Å². The molecule has 0 aromatic carbocycles. The Bertz CT molecular complexity index is 402. The van der Waals surface area contributed by atoms with Gasteiger partial charge in [-0.25, -0.2) is 4.98 Å². The number of hydrogen-bond acceptors (Lipinski definition) is 5. The third-order valence-corrected chi connectivity index (χ3v) is 2.85. The molecule has 1 rings (SSSR count). The molecule has 6 heteroatoms. The molecule has 1 atom stereocenters. The van der Waals surface area contributed by atoms with Crippen LogP contribution in [0.25, 0.3) is 0 Å². The zero-order valence-electron chi connectivity index (χ0n) is 12.0. The molecule has 1 heterocycles. The predicted molar refractivity (Wildman–Crippen MR) is 76.7 cm³/mol. The van der Waals surface area contributed by atoms with E-state index in [-0.39, 0.29) is 11.9 Å². The van der Waals surface area contributed by atoms with Crippen LogP contribution in [0.3, 0.4) is 0 Å². The molecule has 106 valence electrons. The minimum atomic E-state index is -0.163. The lowest BCUT2D eigenvalue weighted by Gasteiger charge is -2.25. The van der Waals surface area contributed by atoms with E-state index in [4.69, 9.17) is 5.84 Å². The summed E-state index contributed by atoms with van der Waals surface area (Å²) in [6.45, 7) is 4.97. The SMILES string of the molecule is CC(C)C(CN(C)C)NC(=O)c1ccc(NN)cn1. The molecule has 6 nitrogen and oxygen atoms in total. The molecule has 0 spiro atoms. The Morgan fingerprint density at radius 1 is 1.42 bits per heavy atom. The van der Waals surface area contributed by atoms with Gasteiger partial charge in [-0.3, -0.25) is 10.6 Å². The fraction of sp³-hybridized carbons (Fsp3) is 0.538. The highest BCUT2D eigenvalue weighted by Crippen LogP contribution is 2.07. The van der Waals surface area contributed by atoms with E-state index < -0.39 is 0 Å². The van der Waals surface area contributed by atoms with E-state index in [1.54, 1.807) is 12.1 Å². The van der Waals surface area contributed by atoms with Crippen molar-refractivity contribution in [2.45, 2.75) is 19.9 Å². The second-order valence-corrected chi connectivity index (χ2v) is 5.16. The molecule has 0 radical (unpaired) electrons. The summed E-state index contributed by atoms with van der Waals surface area (Å²) in [4.78, 5) is 18.2. The number of likely N-dealkylation sites (N-methyl/N-ethyl adjacent to an activating group) is 1. The van der Waals surface area contributed by atoms with Gasteiger partial charge in [0.25, 0.3) is 5.91 Å². The first-order chi connectivity index (χ1) is 8.93. The molecule has 1 unspecified atom stereocenters. The first kappa shape index (κ1) is 15.4. The second-order valence-electron chi connectivity index (χ2n) is 5.16. The number of aromatic nitrogens is 1. The van der Waals surface area contributed by atoms with Gasteiger partial charge in [0, 0.05) is 12.6 Å². The van der Waals surface area contributed by atoms with Crippen LogP contribution in [0.2, 0.25) is 0 Å². The van der Waals surface area contributed by atoms with Crippen molar-refractivity contribution in [3.8, 4) is 0 Å². The van der Waals surface area contributed by atoms with Gasteiger partial charge in [-0.15, -0.1) is 0 Å². The molecule has 0 saturated heterocycles. The van der Waals surface area contributed by atoms with Crippen molar-refractivity contribution in [1.29, 1.82) is 0 Å². The van der Waals surface area contributed by atoms with Crippen molar-refractivity contribution in [3.63, 3.8) is 0 Å². The number of pyridine rings is 1. The number of hydrazine groups is 1. The fourth-order valence-electron chi connectivity index (χ4n) is 1.67. The molecule has 0 bridgehead atoms. The summed E-state index contributed by atoms with van der Waals surface area (Å²) in [6, 6.07) is 3.46. The summed E-state index contributed by atoms with van der Waals surface area (Å²) >= 11 is 0. The van der Waals surface area contributed by atoms with Crippen molar-refractivity contribution in [2.24, 2.45) is 11.8 Å². The van der Waals surface area contributed by atoms with Crippen molar-refractivity contribution >= 4 is 11.6 Å². The third-order valence-electron chi connectivity index (χ3n) is 2.85. The normalized spacial score (nSPS) is 12.6. The average Bonchev–Trinajstić information content (AvgIpc) is 2.37. The van der Waals surface area contributed by atoms with Crippen molar-refractivity contribution in [1.82, 2.24) is 15.2 Å². The van der Waals surface area contributed by atoms with Crippen molar-refractivity contribution in [3.05, 3.63) is 24.0 Å². The number of nitrogens with zero attached hydrogens (tertiary/aromatic N) is 2. The van der Waals surface area contributed by atoms with Crippen LogP contribution in [-0.4, -0.2) is 42.5 Å². The van der Waals surface area contributed by atoms with Gasteiger partial charge in [0.05, 0.1) is 11.9 Å². The lowest BCUT2D eigenvalue weighted by Crippen LogP contribution is -2.45. The fourth-order valence-corrected chi connectivity index (χ4v) is 1.67. The van der Waals surface area contributed by atoms with E-state index in [0.29, 0.717) is 17.3 Å². The van der Waals surface area contributed by atoms with E-state index in [0.717, 1.165) is 6.54 Å². The molecule has 1 amide bonds. The Morgan fingerprint density at radius 3 is 2.53 bits per heavy atom. The summed E-state index contributed by atoms with van der Waals surface area (Å²) in [5.41, 5.74) is 3.54. The number of nitrogen functional groups attached to an aromatic ring is 1. The zero-order chi connectivity index (χ0) is 14.4. The first-order valence-electron chi connectivity index (χ1n) is 6.32. The summed E-state index contributed by atoms with van der Waals surface area (Å²) in [5.74, 6) is 5.45. The lowest BCUT2D eigenvalue weighted by atomic mass is 10.0. The Morgan fingerprint density at radius 2 is 2.11 bits per heavy atom. The van der Waals surface area contributed by atoms with Gasteiger partial charge in [0.2, 0.25) is 0 Å². The third kappa shape index (κ3) is 4.84. The minimum Gasteiger partial charge on any atom is -0.346 e. The largest absolute Gasteiger partial charge is 0.346 e. The van der Waals surface area contributed by atoms with Crippen LogP contribution in [0.5, 0.6) is 0 Å². The number of nitrogens with one attached hydrogen (secondary N) is 2. The van der Waals surface area contributed by atoms with Crippen LogP contribution in [0.15, 0.2) is 18.3 Å². The average molecular weight is 265 g/mol. The van der Waals surface area contributed by atoms with Crippen molar-refractivity contribution < 1.29 is 4.79 Å².